The van der Waals surface area contributed by atoms with Crippen molar-refractivity contribution in [3.05, 3.63) is 70.4 Å². The predicted molar refractivity (Wildman–Crippen MR) is 153 cm³/mol. The minimum absolute atomic E-state index is 0.00248. The second-order valence-corrected chi connectivity index (χ2v) is 10.5. The summed E-state index contributed by atoms with van der Waals surface area (Å²) in [5.74, 6) is -3.01. The van der Waals surface area contributed by atoms with Crippen LogP contribution >= 0.6 is 11.6 Å². The number of carboxylic acids is 2. The number of rotatable bonds is 7. The molecule has 1 amide bonds. The van der Waals surface area contributed by atoms with Crippen LogP contribution in [0.1, 0.15) is 61.6 Å². The van der Waals surface area contributed by atoms with Gasteiger partial charge in [-0.3, -0.25) is 9.69 Å². The quantitative estimate of drug-likeness (QED) is 0.213. The van der Waals surface area contributed by atoms with Gasteiger partial charge in [-0.1, -0.05) is 36.2 Å². The first-order valence-electron chi connectivity index (χ1n) is 13.3. The number of hydrogen-bond acceptors (Lipinski definition) is 4. The minimum Gasteiger partial charge on any atom is -0.473 e. The zero-order chi connectivity index (χ0) is 27.9. The van der Waals surface area contributed by atoms with Crippen molar-refractivity contribution in [1.29, 1.82) is 0 Å². The Morgan fingerprint density at radius 1 is 1.08 bits per heavy atom. The Balaban J connectivity index is 0.000000531. The standard InChI is InChI=1S/C28H32ClN3O.C2H2O4/c1-19(33)31-24-9-7-21-6-5-20(26(21)17-24)4-2-3-13-32-14-11-22(12-15-32)27-18-30-28-16-23(29)8-10-25(27)28;3-1(4)2(5)6/h7-11,16-18,20,30H,2-6,12-15H2,1H3,(H,31,33);(H,3,4)(H,5,6). The first kappa shape index (κ1) is 28.4. The number of aromatic amines is 1. The van der Waals surface area contributed by atoms with E-state index in [0.717, 1.165) is 35.7 Å². The molecule has 1 aliphatic carbocycles. The van der Waals surface area contributed by atoms with Crippen molar-refractivity contribution < 1.29 is 24.6 Å². The van der Waals surface area contributed by atoms with Crippen molar-refractivity contribution in [3.63, 3.8) is 0 Å². The number of halogens is 1. The van der Waals surface area contributed by atoms with E-state index in [1.54, 1.807) is 6.92 Å². The summed E-state index contributed by atoms with van der Waals surface area (Å²) < 4.78 is 0. The van der Waals surface area contributed by atoms with Crippen LogP contribution in [0.5, 0.6) is 0 Å². The second-order valence-electron chi connectivity index (χ2n) is 10.1. The first-order valence-corrected chi connectivity index (χ1v) is 13.6. The minimum atomic E-state index is -1.82. The van der Waals surface area contributed by atoms with E-state index in [4.69, 9.17) is 31.4 Å². The highest BCUT2D eigenvalue weighted by atomic mass is 35.5. The zero-order valence-electron chi connectivity index (χ0n) is 22.0. The van der Waals surface area contributed by atoms with Crippen LogP contribution in [-0.2, 0) is 20.8 Å². The molecule has 1 atom stereocenters. The van der Waals surface area contributed by atoms with Crippen LogP contribution in [0, 0.1) is 0 Å². The summed E-state index contributed by atoms with van der Waals surface area (Å²) in [5.41, 5.74) is 7.72. The van der Waals surface area contributed by atoms with Crippen molar-refractivity contribution >= 4 is 51.6 Å². The van der Waals surface area contributed by atoms with Crippen LogP contribution in [0.3, 0.4) is 0 Å². The Bertz CT molecular complexity index is 1380. The van der Waals surface area contributed by atoms with E-state index in [-0.39, 0.29) is 5.91 Å². The number of aromatic nitrogens is 1. The van der Waals surface area contributed by atoms with Gasteiger partial charge in [-0.2, -0.15) is 0 Å². The molecule has 9 heteroatoms. The third-order valence-electron chi connectivity index (χ3n) is 7.41. The fraction of sp³-hybridized carbons (Fsp3) is 0.367. The number of aryl methyl sites for hydroxylation is 1. The van der Waals surface area contributed by atoms with Crippen LogP contribution in [0.2, 0.25) is 5.02 Å². The third-order valence-corrected chi connectivity index (χ3v) is 7.65. The molecule has 2 heterocycles. The summed E-state index contributed by atoms with van der Waals surface area (Å²) in [6, 6.07) is 12.5. The fourth-order valence-corrected chi connectivity index (χ4v) is 5.69. The molecule has 3 aromatic rings. The Labute approximate surface area is 232 Å². The van der Waals surface area contributed by atoms with Crippen LogP contribution in [-0.4, -0.2) is 57.6 Å². The lowest BCUT2D eigenvalue weighted by atomic mass is 9.94. The van der Waals surface area contributed by atoms with Gasteiger partial charge >= 0.3 is 11.9 Å². The third kappa shape index (κ3) is 7.49. The highest BCUT2D eigenvalue weighted by Crippen LogP contribution is 2.38. The maximum Gasteiger partial charge on any atom is 0.414 e. The molecule has 0 radical (unpaired) electrons. The van der Waals surface area contributed by atoms with Gasteiger partial charge in [0.2, 0.25) is 5.91 Å². The molecular formula is C30H34ClN3O5. The molecule has 0 fully saturated rings. The largest absolute Gasteiger partial charge is 0.473 e. The predicted octanol–water partition coefficient (Wildman–Crippen LogP) is 5.92. The molecule has 2 aliphatic rings. The molecule has 0 spiro atoms. The number of H-pyrrole nitrogens is 1. The molecule has 1 aliphatic heterocycles. The number of hydrogen-bond donors (Lipinski definition) is 4. The maximum absolute atomic E-state index is 11.4. The number of amides is 1. The van der Waals surface area contributed by atoms with Gasteiger partial charge in [0.25, 0.3) is 0 Å². The monoisotopic (exact) mass is 551 g/mol. The zero-order valence-corrected chi connectivity index (χ0v) is 22.8. The number of nitrogens with one attached hydrogen (secondary N) is 2. The Morgan fingerprint density at radius 3 is 2.56 bits per heavy atom. The van der Waals surface area contributed by atoms with Crippen LogP contribution < -0.4 is 5.32 Å². The fourth-order valence-electron chi connectivity index (χ4n) is 5.52. The number of anilines is 1. The number of benzene rings is 2. The molecule has 1 unspecified atom stereocenters. The Kier molecular flexibility index (Phi) is 9.43. The Hall–Kier alpha value is -3.62. The van der Waals surface area contributed by atoms with Gasteiger partial charge in [-0.25, -0.2) is 9.59 Å². The van der Waals surface area contributed by atoms with E-state index in [9.17, 15) is 4.79 Å². The van der Waals surface area contributed by atoms with E-state index in [0.29, 0.717) is 5.92 Å². The van der Waals surface area contributed by atoms with E-state index >= 15 is 0 Å². The molecule has 5 rings (SSSR count). The molecule has 0 saturated heterocycles. The molecule has 206 valence electrons. The number of unbranched alkanes of at least 4 members (excludes halogenated alkanes) is 1. The smallest absolute Gasteiger partial charge is 0.414 e. The highest BCUT2D eigenvalue weighted by molar-refractivity contribution is 6.31. The number of nitrogens with zero attached hydrogens (tertiary/aromatic N) is 1. The topological polar surface area (TPSA) is 123 Å². The summed E-state index contributed by atoms with van der Waals surface area (Å²) in [6.45, 7) is 4.89. The number of fused-ring (bicyclic) bond motifs is 2. The lowest BCUT2D eigenvalue weighted by Gasteiger charge is -2.26. The average molecular weight is 552 g/mol. The lowest BCUT2D eigenvalue weighted by molar-refractivity contribution is -0.159. The summed E-state index contributed by atoms with van der Waals surface area (Å²) >= 11 is 6.13. The molecule has 0 bridgehead atoms. The van der Waals surface area contributed by atoms with Crippen molar-refractivity contribution in [2.75, 3.05) is 25.0 Å². The van der Waals surface area contributed by atoms with Gasteiger partial charge in [0.15, 0.2) is 0 Å². The van der Waals surface area contributed by atoms with Gasteiger partial charge in [0.1, 0.15) is 0 Å². The molecular weight excluding hydrogens is 518 g/mol. The van der Waals surface area contributed by atoms with Gasteiger partial charge in [0.05, 0.1) is 0 Å². The molecule has 8 nitrogen and oxygen atoms in total. The van der Waals surface area contributed by atoms with Crippen molar-refractivity contribution in [1.82, 2.24) is 9.88 Å². The van der Waals surface area contributed by atoms with Crippen molar-refractivity contribution in [2.45, 2.75) is 51.4 Å². The maximum atomic E-state index is 11.4. The SMILES string of the molecule is CC(=O)Nc1ccc2c(c1)C(CCCCN1CC=C(c3c[nH]c4cc(Cl)ccc34)CC1)CC2.O=C(O)C(=O)O. The summed E-state index contributed by atoms with van der Waals surface area (Å²) in [5, 5.41) is 19.7. The van der Waals surface area contributed by atoms with Gasteiger partial charge in [0, 0.05) is 53.4 Å². The van der Waals surface area contributed by atoms with Crippen molar-refractivity contribution in [3.8, 4) is 0 Å². The molecule has 4 N–H and O–H groups in total. The lowest BCUT2D eigenvalue weighted by Crippen LogP contribution is -2.29. The normalized spacial score (nSPS) is 16.7. The molecule has 0 saturated carbocycles. The second kappa shape index (κ2) is 13.0. The number of carbonyl (C=O) groups is 3. The van der Waals surface area contributed by atoms with E-state index in [2.05, 4.69) is 45.7 Å². The summed E-state index contributed by atoms with van der Waals surface area (Å²) in [7, 11) is 0. The van der Waals surface area contributed by atoms with Gasteiger partial charge < -0.3 is 20.5 Å². The number of carboxylic acid groups (broad SMARTS) is 2. The highest BCUT2D eigenvalue weighted by Gasteiger charge is 2.23. The van der Waals surface area contributed by atoms with Crippen LogP contribution in [0.4, 0.5) is 5.69 Å². The van der Waals surface area contributed by atoms with E-state index < -0.39 is 11.9 Å². The first-order chi connectivity index (χ1) is 18.7. The summed E-state index contributed by atoms with van der Waals surface area (Å²) in [6.07, 6.45) is 11.8. The van der Waals surface area contributed by atoms with Crippen LogP contribution in [0.25, 0.3) is 16.5 Å². The number of carbonyl (C=O) groups excluding carboxylic acids is 1. The van der Waals surface area contributed by atoms with Gasteiger partial charge in [-0.15, -0.1) is 0 Å². The summed E-state index contributed by atoms with van der Waals surface area (Å²) in [4.78, 5) is 35.5. The average Bonchev–Trinajstić information content (AvgIpc) is 3.50. The molecule has 2 aromatic carbocycles. The van der Waals surface area contributed by atoms with Crippen molar-refractivity contribution in [2.24, 2.45) is 0 Å². The Morgan fingerprint density at radius 2 is 1.87 bits per heavy atom. The van der Waals surface area contributed by atoms with Crippen LogP contribution in [0.15, 0.2) is 48.7 Å². The van der Waals surface area contributed by atoms with E-state index in [1.807, 2.05) is 18.2 Å². The number of aliphatic carboxylic acids is 2. The molecule has 1 aromatic heterocycles. The van der Waals surface area contributed by atoms with E-state index in [1.165, 1.54) is 66.3 Å². The molecule has 39 heavy (non-hydrogen) atoms. The van der Waals surface area contributed by atoms with Gasteiger partial charge in [-0.05, 0) is 85.5 Å².